The third-order valence-corrected chi connectivity index (χ3v) is 4.87. The summed E-state index contributed by atoms with van der Waals surface area (Å²) in [5.74, 6) is 0.939. The Kier molecular flexibility index (Phi) is 3.92. The van der Waals surface area contributed by atoms with E-state index in [2.05, 4.69) is 31.4 Å². The smallest absolute Gasteiger partial charge is 0.274 e. The molecule has 2 aromatic rings. The predicted octanol–water partition coefficient (Wildman–Crippen LogP) is 1.35. The second-order valence-electron chi connectivity index (χ2n) is 6.60. The molecular formula is C17H22N6O. The van der Waals surface area contributed by atoms with Crippen molar-refractivity contribution < 1.29 is 4.79 Å². The Morgan fingerprint density at radius 1 is 1.08 bits per heavy atom. The van der Waals surface area contributed by atoms with Crippen LogP contribution in [0.25, 0.3) is 0 Å². The van der Waals surface area contributed by atoms with Gasteiger partial charge in [0.2, 0.25) is 0 Å². The van der Waals surface area contributed by atoms with Crippen molar-refractivity contribution in [2.75, 3.05) is 31.1 Å². The lowest BCUT2D eigenvalue weighted by atomic mass is 9.97. The molecule has 4 rings (SSSR count). The van der Waals surface area contributed by atoms with Gasteiger partial charge in [0.1, 0.15) is 5.69 Å². The monoisotopic (exact) mass is 326 g/mol. The molecule has 0 atom stereocenters. The van der Waals surface area contributed by atoms with Gasteiger partial charge in [0.15, 0.2) is 5.82 Å². The van der Waals surface area contributed by atoms with E-state index in [-0.39, 0.29) is 5.91 Å². The number of aromatic nitrogens is 4. The molecule has 1 saturated heterocycles. The van der Waals surface area contributed by atoms with E-state index in [1.54, 1.807) is 6.07 Å². The maximum atomic E-state index is 12.4. The molecule has 2 aromatic heterocycles. The van der Waals surface area contributed by atoms with Crippen molar-refractivity contribution in [1.29, 1.82) is 0 Å². The first-order valence-electron chi connectivity index (χ1n) is 8.62. The standard InChI is InChI=1S/C17H22N6O/c1-12-10-15(20-18-12)17(24)23-8-6-22(7-9-23)16-11-13-4-2-3-5-14(13)19-21-16/h10-11H,2-9H2,1H3,(H,18,20). The fourth-order valence-corrected chi connectivity index (χ4v) is 3.46. The summed E-state index contributed by atoms with van der Waals surface area (Å²) in [4.78, 5) is 16.5. The molecule has 0 aromatic carbocycles. The summed E-state index contributed by atoms with van der Waals surface area (Å²) < 4.78 is 0. The average molecular weight is 326 g/mol. The number of piperazine rings is 1. The van der Waals surface area contributed by atoms with Gasteiger partial charge in [-0.2, -0.15) is 10.2 Å². The Morgan fingerprint density at radius 3 is 2.62 bits per heavy atom. The van der Waals surface area contributed by atoms with Crippen LogP contribution in [0.2, 0.25) is 0 Å². The first-order chi connectivity index (χ1) is 11.7. The molecule has 1 N–H and O–H groups in total. The van der Waals surface area contributed by atoms with Crippen LogP contribution >= 0.6 is 0 Å². The van der Waals surface area contributed by atoms with Crippen LogP contribution in [0.4, 0.5) is 5.82 Å². The van der Waals surface area contributed by atoms with Crippen LogP contribution in [0, 0.1) is 6.92 Å². The number of anilines is 1. The lowest BCUT2D eigenvalue weighted by Crippen LogP contribution is -2.49. The van der Waals surface area contributed by atoms with Crippen molar-refractivity contribution >= 4 is 11.7 Å². The lowest BCUT2D eigenvalue weighted by molar-refractivity contribution is 0.0740. The number of H-pyrrole nitrogens is 1. The Hall–Kier alpha value is -2.44. The number of amides is 1. The van der Waals surface area contributed by atoms with Gasteiger partial charge in [0, 0.05) is 31.9 Å². The van der Waals surface area contributed by atoms with Gasteiger partial charge in [-0.15, -0.1) is 5.10 Å². The van der Waals surface area contributed by atoms with Crippen LogP contribution in [0.15, 0.2) is 12.1 Å². The third-order valence-electron chi connectivity index (χ3n) is 4.87. The van der Waals surface area contributed by atoms with E-state index in [0.29, 0.717) is 18.8 Å². The summed E-state index contributed by atoms with van der Waals surface area (Å²) in [5, 5.41) is 15.7. The van der Waals surface area contributed by atoms with Crippen molar-refractivity contribution in [3.8, 4) is 0 Å². The Morgan fingerprint density at radius 2 is 1.88 bits per heavy atom. The van der Waals surface area contributed by atoms with Gasteiger partial charge < -0.3 is 9.80 Å². The molecule has 3 heterocycles. The minimum atomic E-state index is -0.00414. The molecular weight excluding hydrogens is 304 g/mol. The minimum Gasteiger partial charge on any atom is -0.352 e. The summed E-state index contributed by atoms with van der Waals surface area (Å²) >= 11 is 0. The first kappa shape index (κ1) is 15.1. The average Bonchev–Trinajstić information content (AvgIpc) is 3.07. The third kappa shape index (κ3) is 2.86. The molecule has 1 aliphatic heterocycles. The number of carbonyl (C=O) groups is 1. The normalized spacial score (nSPS) is 17.7. The number of nitrogens with zero attached hydrogens (tertiary/aromatic N) is 5. The molecule has 1 fully saturated rings. The van der Waals surface area contributed by atoms with Crippen molar-refractivity contribution in [1.82, 2.24) is 25.3 Å². The van der Waals surface area contributed by atoms with E-state index in [0.717, 1.165) is 43.1 Å². The molecule has 126 valence electrons. The first-order valence-corrected chi connectivity index (χ1v) is 8.62. The number of hydrogen-bond acceptors (Lipinski definition) is 5. The molecule has 2 aliphatic rings. The number of rotatable bonds is 2. The van der Waals surface area contributed by atoms with Crippen LogP contribution in [-0.2, 0) is 12.8 Å². The maximum Gasteiger partial charge on any atom is 0.274 e. The summed E-state index contributed by atoms with van der Waals surface area (Å²) in [6.45, 7) is 4.83. The van der Waals surface area contributed by atoms with Crippen LogP contribution in [0.3, 0.4) is 0 Å². The molecule has 0 saturated carbocycles. The van der Waals surface area contributed by atoms with Gasteiger partial charge in [0.25, 0.3) is 5.91 Å². The van der Waals surface area contributed by atoms with Crippen molar-refractivity contribution in [3.63, 3.8) is 0 Å². The number of aromatic amines is 1. The number of carbonyl (C=O) groups excluding carboxylic acids is 1. The van der Waals surface area contributed by atoms with Gasteiger partial charge in [-0.25, -0.2) is 0 Å². The highest BCUT2D eigenvalue weighted by atomic mass is 16.2. The van der Waals surface area contributed by atoms with Crippen LogP contribution in [-0.4, -0.2) is 57.4 Å². The minimum absolute atomic E-state index is 0.00414. The van der Waals surface area contributed by atoms with Gasteiger partial charge >= 0.3 is 0 Å². The number of aryl methyl sites for hydroxylation is 3. The van der Waals surface area contributed by atoms with Crippen molar-refractivity contribution in [2.24, 2.45) is 0 Å². The number of hydrogen-bond donors (Lipinski definition) is 1. The fourth-order valence-electron chi connectivity index (χ4n) is 3.46. The summed E-state index contributed by atoms with van der Waals surface area (Å²) in [6.07, 6.45) is 4.61. The van der Waals surface area contributed by atoms with Gasteiger partial charge in [0.05, 0.1) is 5.69 Å². The molecule has 0 bridgehead atoms. The van der Waals surface area contributed by atoms with E-state index in [1.807, 2.05) is 11.8 Å². The van der Waals surface area contributed by atoms with E-state index in [4.69, 9.17) is 0 Å². The van der Waals surface area contributed by atoms with Crippen molar-refractivity contribution in [3.05, 3.63) is 34.8 Å². The largest absolute Gasteiger partial charge is 0.352 e. The van der Waals surface area contributed by atoms with E-state index < -0.39 is 0 Å². The van der Waals surface area contributed by atoms with E-state index in [9.17, 15) is 4.79 Å². The molecule has 0 radical (unpaired) electrons. The Balaban J connectivity index is 1.42. The second kappa shape index (κ2) is 6.22. The van der Waals surface area contributed by atoms with Gasteiger partial charge in [-0.05, 0) is 50.3 Å². The molecule has 7 nitrogen and oxygen atoms in total. The fraction of sp³-hybridized carbons (Fsp3) is 0.529. The maximum absolute atomic E-state index is 12.4. The number of fused-ring (bicyclic) bond motifs is 1. The van der Waals surface area contributed by atoms with E-state index >= 15 is 0 Å². The second-order valence-corrected chi connectivity index (χ2v) is 6.60. The highest BCUT2D eigenvalue weighted by molar-refractivity contribution is 5.92. The van der Waals surface area contributed by atoms with Crippen molar-refractivity contribution in [2.45, 2.75) is 32.6 Å². The van der Waals surface area contributed by atoms with Crippen LogP contribution in [0.1, 0.15) is 40.3 Å². The SMILES string of the molecule is Cc1cc(C(=O)N2CCN(c3cc4c(nn3)CCCC4)CC2)n[nH]1. The van der Waals surface area contributed by atoms with E-state index in [1.165, 1.54) is 18.4 Å². The topological polar surface area (TPSA) is 78.0 Å². The summed E-state index contributed by atoms with van der Waals surface area (Å²) in [5.41, 5.74) is 3.90. The van der Waals surface area contributed by atoms with Gasteiger partial charge in [-0.3, -0.25) is 9.89 Å². The quantitative estimate of drug-likeness (QED) is 0.901. The molecule has 1 aliphatic carbocycles. The van der Waals surface area contributed by atoms with Crippen LogP contribution < -0.4 is 4.90 Å². The zero-order valence-corrected chi connectivity index (χ0v) is 14.0. The molecule has 1 amide bonds. The predicted molar refractivity (Wildman–Crippen MR) is 90.1 cm³/mol. The highest BCUT2D eigenvalue weighted by Crippen LogP contribution is 2.23. The highest BCUT2D eigenvalue weighted by Gasteiger charge is 2.25. The zero-order chi connectivity index (χ0) is 16.5. The molecule has 7 heteroatoms. The Bertz CT molecular complexity index is 747. The lowest BCUT2D eigenvalue weighted by Gasteiger charge is -2.35. The molecule has 0 unspecified atom stereocenters. The zero-order valence-electron chi connectivity index (χ0n) is 14.0. The Labute approximate surface area is 141 Å². The van der Waals surface area contributed by atoms with Crippen LogP contribution in [0.5, 0.6) is 0 Å². The summed E-state index contributed by atoms with van der Waals surface area (Å²) in [7, 11) is 0. The summed E-state index contributed by atoms with van der Waals surface area (Å²) in [6, 6.07) is 3.99. The van der Waals surface area contributed by atoms with Gasteiger partial charge in [-0.1, -0.05) is 0 Å². The molecule has 0 spiro atoms. The molecule has 24 heavy (non-hydrogen) atoms. The number of nitrogens with one attached hydrogen (secondary N) is 1.